The number of aromatic nitrogens is 1. The Kier molecular flexibility index (Phi) is 10.3. The van der Waals surface area contributed by atoms with E-state index in [0.29, 0.717) is 31.9 Å². The number of pyridine rings is 1. The summed E-state index contributed by atoms with van der Waals surface area (Å²) < 4.78 is 20.4. The van der Waals surface area contributed by atoms with E-state index in [2.05, 4.69) is 50.4 Å². The van der Waals surface area contributed by atoms with Crippen molar-refractivity contribution in [3.8, 4) is 11.4 Å². The molecule has 0 unspecified atom stereocenters. The van der Waals surface area contributed by atoms with E-state index in [0.717, 1.165) is 10.4 Å². The first-order valence-electron chi connectivity index (χ1n) is 16.2. The molecule has 2 aromatic heterocycles. The first kappa shape index (κ1) is 35.2. The highest BCUT2D eigenvalue weighted by Crippen LogP contribution is 2.37. The van der Waals surface area contributed by atoms with Crippen LogP contribution in [-0.4, -0.2) is 51.2 Å². The van der Waals surface area contributed by atoms with Gasteiger partial charge in [0.25, 0.3) is 19.8 Å². The number of hydrogen-bond donors (Lipinski definition) is 1. The molecule has 9 nitrogen and oxygen atoms in total. The van der Waals surface area contributed by atoms with Crippen molar-refractivity contribution in [1.29, 1.82) is 0 Å². The van der Waals surface area contributed by atoms with Gasteiger partial charge in [-0.05, 0) is 51.8 Å². The lowest BCUT2D eigenvalue weighted by Crippen LogP contribution is -2.66. The largest absolute Gasteiger partial charge is 0.494 e. The van der Waals surface area contributed by atoms with Crippen LogP contribution in [0.5, 0.6) is 5.75 Å². The average molecular weight is 728 g/mol. The van der Waals surface area contributed by atoms with E-state index in [1.807, 2.05) is 42.5 Å². The quantitative estimate of drug-likeness (QED) is 0.158. The van der Waals surface area contributed by atoms with Crippen molar-refractivity contribution in [1.82, 2.24) is 9.88 Å². The molecule has 2 amide bonds. The fraction of sp³-hybridized carbons (Fsp3) is 0.237. The van der Waals surface area contributed by atoms with E-state index in [4.69, 9.17) is 25.5 Å². The molecule has 0 saturated carbocycles. The molecule has 0 aliphatic carbocycles. The maximum Gasteiger partial charge on any atom is 0.414 e. The first-order chi connectivity index (χ1) is 24.0. The summed E-state index contributed by atoms with van der Waals surface area (Å²) in [4.78, 5) is 41.3. The van der Waals surface area contributed by atoms with E-state index >= 15 is 0 Å². The second kappa shape index (κ2) is 14.7. The van der Waals surface area contributed by atoms with Gasteiger partial charge >= 0.3 is 6.09 Å². The van der Waals surface area contributed by atoms with Crippen LogP contribution in [-0.2, 0) is 15.8 Å². The number of nitrogens with zero attached hydrogens (tertiary/aromatic N) is 2. The van der Waals surface area contributed by atoms with Gasteiger partial charge in [0.2, 0.25) is 0 Å². The van der Waals surface area contributed by atoms with Crippen LogP contribution in [0.1, 0.15) is 36.0 Å². The average Bonchev–Trinajstić information content (AvgIpc) is 3.73. The van der Waals surface area contributed by atoms with Gasteiger partial charge in [-0.3, -0.25) is 19.1 Å². The summed E-state index contributed by atoms with van der Waals surface area (Å²) in [7, 11) is -1.37. The molecule has 1 saturated heterocycles. The van der Waals surface area contributed by atoms with Crippen LogP contribution < -0.4 is 30.9 Å². The third-order valence-electron chi connectivity index (χ3n) is 8.78. The summed E-state index contributed by atoms with van der Waals surface area (Å²) in [6, 6.07) is 32.7. The number of carbonyl (C=O) groups is 2. The second-order valence-corrected chi connectivity index (χ2v) is 19.0. The Bertz CT molecular complexity index is 2010. The van der Waals surface area contributed by atoms with Gasteiger partial charge in [-0.25, -0.2) is 4.79 Å². The molecule has 1 atom stereocenters. The van der Waals surface area contributed by atoms with E-state index in [-0.39, 0.29) is 36.2 Å². The number of nitrogens with one attached hydrogen (secondary N) is 1. The van der Waals surface area contributed by atoms with Gasteiger partial charge in [0.1, 0.15) is 11.9 Å². The number of benzene rings is 3. The molecule has 3 aromatic carbocycles. The SMILES string of the molecule is COc1cc(N2C[C@H](CNC(=O)c3ccc(Cl)s3)OC2=O)ccc1-n1cccc(CO[Si](c2ccccc2)(c2ccccc2)C(C)(C)C)c1=O. The molecule has 0 radical (unpaired) electrons. The topological polar surface area (TPSA) is 99.1 Å². The normalized spacial score (nSPS) is 14.8. The van der Waals surface area contributed by atoms with Gasteiger partial charge in [0.15, 0.2) is 0 Å². The lowest BCUT2D eigenvalue weighted by Gasteiger charge is -2.43. The Morgan fingerprint density at radius 2 is 1.64 bits per heavy atom. The van der Waals surface area contributed by atoms with Crippen molar-refractivity contribution >= 4 is 59.3 Å². The summed E-state index contributed by atoms with van der Waals surface area (Å²) in [5.41, 5.74) is 1.32. The van der Waals surface area contributed by atoms with Crippen LogP contribution in [0, 0.1) is 0 Å². The highest BCUT2D eigenvalue weighted by molar-refractivity contribution is 7.18. The molecule has 5 aromatic rings. The molecule has 1 fully saturated rings. The molecule has 3 heterocycles. The maximum absolute atomic E-state index is 14.1. The smallest absolute Gasteiger partial charge is 0.414 e. The van der Waals surface area contributed by atoms with Gasteiger partial charge in [0.05, 0.1) is 47.4 Å². The monoisotopic (exact) mass is 727 g/mol. The second-order valence-electron chi connectivity index (χ2n) is 12.9. The first-order valence-corrected chi connectivity index (χ1v) is 19.3. The zero-order chi connectivity index (χ0) is 35.5. The van der Waals surface area contributed by atoms with Crippen molar-refractivity contribution in [2.24, 2.45) is 0 Å². The minimum absolute atomic E-state index is 0.115. The van der Waals surface area contributed by atoms with E-state index in [1.54, 1.807) is 42.6 Å². The summed E-state index contributed by atoms with van der Waals surface area (Å²) in [6.07, 6.45) is 0.593. The van der Waals surface area contributed by atoms with Gasteiger partial charge in [0, 0.05) is 17.8 Å². The van der Waals surface area contributed by atoms with E-state index in [9.17, 15) is 14.4 Å². The number of rotatable bonds is 11. The Morgan fingerprint density at radius 3 is 2.24 bits per heavy atom. The molecular formula is C38H38ClN3O6SSi. The lowest BCUT2D eigenvalue weighted by atomic mass is 10.2. The van der Waals surface area contributed by atoms with Crippen LogP contribution in [0.2, 0.25) is 9.37 Å². The number of hydrogen-bond acceptors (Lipinski definition) is 7. The Morgan fingerprint density at radius 1 is 0.960 bits per heavy atom. The molecule has 1 aliphatic rings. The fourth-order valence-electron chi connectivity index (χ4n) is 6.39. The molecule has 1 aliphatic heterocycles. The Labute approximate surface area is 301 Å². The zero-order valence-electron chi connectivity index (χ0n) is 28.2. The molecule has 6 rings (SSSR count). The number of methoxy groups -OCH3 is 1. The van der Waals surface area contributed by atoms with Gasteiger partial charge in [-0.15, -0.1) is 11.3 Å². The van der Waals surface area contributed by atoms with Crippen LogP contribution in [0.3, 0.4) is 0 Å². The molecule has 12 heteroatoms. The van der Waals surface area contributed by atoms with Crippen LogP contribution in [0.15, 0.2) is 114 Å². The molecular weight excluding hydrogens is 690 g/mol. The van der Waals surface area contributed by atoms with Crippen molar-refractivity contribution < 1.29 is 23.5 Å². The number of amides is 2. The summed E-state index contributed by atoms with van der Waals surface area (Å²) in [6.45, 7) is 7.08. The predicted octanol–water partition coefficient (Wildman–Crippen LogP) is 6.39. The van der Waals surface area contributed by atoms with Crippen molar-refractivity contribution in [3.63, 3.8) is 0 Å². The van der Waals surface area contributed by atoms with E-state index in [1.165, 1.54) is 27.9 Å². The van der Waals surface area contributed by atoms with E-state index < -0.39 is 20.5 Å². The molecule has 258 valence electrons. The Balaban J connectivity index is 1.24. The Hall–Kier alpha value is -4.68. The molecule has 0 spiro atoms. The summed E-state index contributed by atoms with van der Waals surface area (Å²) >= 11 is 7.12. The third kappa shape index (κ3) is 6.99. The van der Waals surface area contributed by atoms with Gasteiger partial charge < -0.3 is 19.2 Å². The van der Waals surface area contributed by atoms with Crippen LogP contribution in [0.25, 0.3) is 5.69 Å². The number of cyclic esters (lactones) is 1. The maximum atomic E-state index is 14.1. The standard InChI is InChI=1S/C38H38ClN3O6SSi/c1-38(2,3)50(29-13-7-5-8-14-29,30-15-9-6-10-16-30)47-25-26-12-11-21-41(36(26)44)31-18-17-27(22-32(31)46-4)42-24-28(48-37(42)45)23-40-35(43)33-19-20-34(39)49-33/h5-22,28H,23-25H2,1-4H3,(H,40,43)/t28-/m0/s1. The van der Waals surface area contributed by atoms with Crippen molar-refractivity contribution in [2.75, 3.05) is 25.1 Å². The zero-order valence-corrected chi connectivity index (χ0v) is 30.8. The van der Waals surface area contributed by atoms with Crippen molar-refractivity contribution in [2.45, 2.75) is 38.5 Å². The number of thiophene rings is 1. The highest BCUT2D eigenvalue weighted by atomic mass is 35.5. The number of anilines is 1. The number of halogens is 1. The van der Waals surface area contributed by atoms with Crippen LogP contribution >= 0.6 is 22.9 Å². The highest BCUT2D eigenvalue weighted by Gasteiger charge is 2.50. The predicted molar refractivity (Wildman–Crippen MR) is 200 cm³/mol. The fourth-order valence-corrected chi connectivity index (χ4v) is 11.9. The number of carbonyl (C=O) groups excluding carboxylic acids is 2. The number of ether oxygens (including phenoxy) is 2. The van der Waals surface area contributed by atoms with Gasteiger partial charge in [-0.2, -0.15) is 0 Å². The minimum atomic E-state index is -2.88. The summed E-state index contributed by atoms with van der Waals surface area (Å²) in [5.74, 6) is 0.112. The summed E-state index contributed by atoms with van der Waals surface area (Å²) in [5, 5.41) is 4.81. The van der Waals surface area contributed by atoms with Crippen LogP contribution in [0.4, 0.5) is 10.5 Å². The van der Waals surface area contributed by atoms with Gasteiger partial charge in [-0.1, -0.05) is 93.0 Å². The minimum Gasteiger partial charge on any atom is -0.494 e. The van der Waals surface area contributed by atoms with Crippen molar-refractivity contribution in [3.05, 3.63) is 134 Å². The third-order valence-corrected chi connectivity index (χ3v) is 15.0. The molecule has 0 bridgehead atoms. The molecule has 1 N–H and O–H groups in total. The molecule has 50 heavy (non-hydrogen) atoms. The lowest BCUT2D eigenvalue weighted by molar-refractivity contribution is 0.0920.